The molecule has 32 heavy (non-hydrogen) atoms. The van der Waals surface area contributed by atoms with E-state index in [2.05, 4.69) is 25.3 Å². The van der Waals surface area contributed by atoms with Crippen molar-refractivity contribution in [1.82, 2.24) is 34.4 Å². The van der Waals surface area contributed by atoms with Gasteiger partial charge in [-0.15, -0.1) is 0 Å². The lowest BCUT2D eigenvalue weighted by molar-refractivity contribution is -0.138. The maximum atomic E-state index is 12.6. The van der Waals surface area contributed by atoms with Gasteiger partial charge in [0.05, 0.1) is 5.56 Å². The summed E-state index contributed by atoms with van der Waals surface area (Å²) in [7, 11) is 0. The number of aryl methyl sites for hydroxylation is 2. The van der Waals surface area contributed by atoms with E-state index in [0.29, 0.717) is 48.1 Å². The molecule has 0 bridgehead atoms. The molecule has 11 nitrogen and oxygen atoms in total. The van der Waals surface area contributed by atoms with Crippen molar-refractivity contribution < 1.29 is 9.59 Å². The Hall–Kier alpha value is -3.63. The van der Waals surface area contributed by atoms with Gasteiger partial charge in [-0.2, -0.15) is 0 Å². The normalized spacial score (nSPS) is 20.6. The second-order valence-corrected chi connectivity index (χ2v) is 8.35. The molecule has 3 N–H and O–H groups in total. The van der Waals surface area contributed by atoms with Gasteiger partial charge in [-0.3, -0.25) is 9.59 Å². The molecule has 3 aromatic heterocycles. The average Bonchev–Trinajstić information content (AvgIpc) is 3.43. The number of likely N-dealkylation sites (tertiary alicyclic amines) is 1. The Morgan fingerprint density at radius 3 is 2.59 bits per heavy atom. The van der Waals surface area contributed by atoms with Crippen LogP contribution in [0.2, 0.25) is 0 Å². The van der Waals surface area contributed by atoms with Crippen LogP contribution in [0.25, 0.3) is 22.6 Å². The highest BCUT2D eigenvalue weighted by Gasteiger charge is 2.43. The predicted octanol–water partition coefficient (Wildman–Crippen LogP) is 0.888. The lowest BCUT2D eigenvalue weighted by Crippen LogP contribution is -2.44. The van der Waals surface area contributed by atoms with Crippen LogP contribution < -0.4 is 11.1 Å². The van der Waals surface area contributed by atoms with Crippen LogP contribution in [0.3, 0.4) is 0 Å². The summed E-state index contributed by atoms with van der Waals surface area (Å²) < 4.78 is 1.99. The maximum Gasteiger partial charge on any atom is 0.240 e. The number of primary amides is 1. The van der Waals surface area contributed by atoms with Crippen molar-refractivity contribution in [2.45, 2.75) is 51.7 Å². The maximum absolute atomic E-state index is 12.6. The van der Waals surface area contributed by atoms with Crippen molar-refractivity contribution in [2.24, 2.45) is 11.7 Å². The minimum absolute atomic E-state index is 0.0165. The third-order valence-electron chi connectivity index (χ3n) is 6.07. The molecule has 2 fully saturated rings. The number of carbonyl (C=O) groups excluding carboxylic acids is 2. The van der Waals surface area contributed by atoms with Gasteiger partial charge in [0.25, 0.3) is 0 Å². The van der Waals surface area contributed by atoms with Crippen molar-refractivity contribution >= 4 is 28.8 Å². The van der Waals surface area contributed by atoms with Crippen molar-refractivity contribution in [3.63, 3.8) is 0 Å². The van der Waals surface area contributed by atoms with Crippen LogP contribution in [0.15, 0.2) is 18.7 Å². The highest BCUT2D eigenvalue weighted by molar-refractivity contribution is 5.90. The summed E-state index contributed by atoms with van der Waals surface area (Å²) in [6, 6.07) is -0.766. The van der Waals surface area contributed by atoms with Gasteiger partial charge in [-0.25, -0.2) is 24.9 Å². The van der Waals surface area contributed by atoms with Crippen LogP contribution in [-0.4, -0.2) is 64.8 Å². The molecule has 1 saturated heterocycles. The third kappa shape index (κ3) is 3.53. The lowest BCUT2D eigenvalue weighted by Gasteiger charge is -2.21. The Morgan fingerprint density at radius 2 is 1.94 bits per heavy atom. The molecule has 1 aliphatic heterocycles. The number of carbonyl (C=O) groups is 2. The number of rotatable bonds is 6. The Morgan fingerprint density at radius 1 is 1.19 bits per heavy atom. The third-order valence-corrected chi connectivity index (χ3v) is 6.07. The Bertz CT molecular complexity index is 1190. The molecule has 2 atom stereocenters. The predicted molar refractivity (Wildman–Crippen MR) is 116 cm³/mol. The quantitative estimate of drug-likeness (QED) is 0.581. The molecular formula is C21H25N9O2. The monoisotopic (exact) mass is 435 g/mol. The van der Waals surface area contributed by atoms with E-state index < -0.39 is 11.9 Å². The van der Waals surface area contributed by atoms with E-state index in [4.69, 9.17) is 10.7 Å². The zero-order valence-corrected chi connectivity index (χ0v) is 18.0. The first kappa shape index (κ1) is 20.3. The molecule has 3 aromatic rings. The van der Waals surface area contributed by atoms with Gasteiger partial charge >= 0.3 is 0 Å². The molecule has 1 saturated carbocycles. The van der Waals surface area contributed by atoms with E-state index in [0.717, 1.165) is 18.4 Å². The highest BCUT2D eigenvalue weighted by atomic mass is 16.2. The second kappa shape index (κ2) is 7.81. The summed E-state index contributed by atoms with van der Waals surface area (Å²) in [5.41, 5.74) is 7.69. The number of anilines is 1. The topological polar surface area (TPSA) is 145 Å². The first-order valence-electron chi connectivity index (χ1n) is 10.8. The fourth-order valence-electron chi connectivity index (χ4n) is 4.28. The van der Waals surface area contributed by atoms with Crippen LogP contribution in [0.4, 0.5) is 5.82 Å². The Labute approximate surface area is 184 Å². The smallest absolute Gasteiger partial charge is 0.240 e. The number of nitrogens with two attached hydrogens (primary N) is 1. The molecule has 11 heteroatoms. The molecule has 166 valence electrons. The van der Waals surface area contributed by atoms with Gasteiger partial charge in [0.2, 0.25) is 11.8 Å². The first-order valence-corrected chi connectivity index (χ1v) is 10.8. The van der Waals surface area contributed by atoms with E-state index in [1.807, 2.05) is 18.4 Å². The zero-order valence-electron chi connectivity index (χ0n) is 18.0. The number of hydrogen-bond acceptors (Lipinski definition) is 8. The number of nitrogens with one attached hydrogen (secondary N) is 1. The number of aromatic nitrogens is 6. The second-order valence-electron chi connectivity index (χ2n) is 8.35. The van der Waals surface area contributed by atoms with Crippen LogP contribution in [0, 0.1) is 12.8 Å². The number of imidazole rings is 1. The van der Waals surface area contributed by atoms with Gasteiger partial charge in [0, 0.05) is 37.4 Å². The SMILES string of the molecule is CCn1c(-c2cnc(C)nc2)nc2c(N[C@H]3C[C@H](C(N)=O)N(C(=O)C4CC4)C3)ncnc21. The van der Waals surface area contributed by atoms with E-state index in [1.165, 1.54) is 6.33 Å². The van der Waals surface area contributed by atoms with Crippen molar-refractivity contribution in [2.75, 3.05) is 11.9 Å². The largest absolute Gasteiger partial charge is 0.368 e. The van der Waals surface area contributed by atoms with Crippen molar-refractivity contribution in [3.05, 3.63) is 24.5 Å². The minimum Gasteiger partial charge on any atom is -0.368 e. The van der Waals surface area contributed by atoms with E-state index in [9.17, 15) is 9.59 Å². The standard InChI is InChI=1S/C21H25N9O2/c1-3-29-19(13-7-23-11(2)24-8-13)28-16-18(25-10-26-20(16)29)27-14-6-15(17(22)31)30(9-14)21(32)12-4-5-12/h7-8,10,12,14-15H,3-6,9H2,1-2H3,(H2,22,31)(H,25,26,27)/t14-,15+/m0/s1. The number of hydrogen-bond donors (Lipinski definition) is 2. The van der Waals surface area contributed by atoms with E-state index >= 15 is 0 Å². The van der Waals surface area contributed by atoms with Crippen LogP contribution in [0.5, 0.6) is 0 Å². The first-order chi connectivity index (χ1) is 15.5. The molecule has 2 aliphatic rings. The summed E-state index contributed by atoms with van der Waals surface area (Å²) >= 11 is 0. The summed E-state index contributed by atoms with van der Waals surface area (Å²) in [6.07, 6.45) is 7.17. The molecule has 4 heterocycles. The molecule has 0 aromatic carbocycles. The van der Waals surface area contributed by atoms with E-state index in [-0.39, 0.29) is 17.9 Å². The van der Waals surface area contributed by atoms with Gasteiger partial charge < -0.3 is 20.5 Å². The molecular weight excluding hydrogens is 410 g/mol. The lowest BCUT2D eigenvalue weighted by atomic mass is 10.1. The summed E-state index contributed by atoms with van der Waals surface area (Å²) in [4.78, 5) is 48.4. The molecule has 0 radical (unpaired) electrons. The molecule has 1 aliphatic carbocycles. The van der Waals surface area contributed by atoms with Gasteiger partial charge in [-0.1, -0.05) is 0 Å². The molecule has 5 rings (SSSR count). The fourth-order valence-corrected chi connectivity index (χ4v) is 4.28. The average molecular weight is 435 g/mol. The number of amides is 2. The van der Waals surface area contributed by atoms with Crippen LogP contribution >= 0.6 is 0 Å². The Kier molecular flexibility index (Phi) is 4.95. The van der Waals surface area contributed by atoms with E-state index in [1.54, 1.807) is 17.3 Å². The number of fused-ring (bicyclic) bond motifs is 1. The summed E-state index contributed by atoms with van der Waals surface area (Å²) in [5, 5.41) is 3.38. The van der Waals surface area contributed by atoms with Crippen molar-refractivity contribution in [3.8, 4) is 11.4 Å². The molecule has 0 unspecified atom stereocenters. The van der Waals surface area contributed by atoms with Gasteiger partial charge in [-0.05, 0) is 33.1 Å². The van der Waals surface area contributed by atoms with Crippen molar-refractivity contribution in [1.29, 1.82) is 0 Å². The fraction of sp³-hybridized carbons (Fsp3) is 0.476. The summed E-state index contributed by atoms with van der Waals surface area (Å²) in [6.45, 7) is 4.91. The highest BCUT2D eigenvalue weighted by Crippen LogP contribution is 2.34. The molecule has 2 amide bonds. The van der Waals surface area contributed by atoms with Gasteiger partial charge in [0.15, 0.2) is 17.0 Å². The minimum atomic E-state index is -0.605. The van der Waals surface area contributed by atoms with Crippen LogP contribution in [-0.2, 0) is 16.1 Å². The zero-order chi connectivity index (χ0) is 22.4. The van der Waals surface area contributed by atoms with Crippen LogP contribution in [0.1, 0.15) is 32.0 Å². The number of nitrogens with zero attached hydrogens (tertiary/aromatic N) is 7. The Balaban J connectivity index is 1.46. The molecule has 0 spiro atoms. The summed E-state index contributed by atoms with van der Waals surface area (Å²) in [5.74, 6) is 1.52. The van der Waals surface area contributed by atoms with Gasteiger partial charge in [0.1, 0.15) is 24.0 Å².